The zero-order valence-corrected chi connectivity index (χ0v) is 23.8. The predicted octanol–water partition coefficient (Wildman–Crippen LogP) is 3.93. The number of hydrogen-bond acceptors (Lipinski definition) is 10. The normalized spacial score (nSPS) is 14.3. The lowest BCUT2D eigenvalue weighted by Gasteiger charge is -2.28. The average Bonchev–Trinajstić information content (AvgIpc) is 2.98. The molecular weight excluding hydrogens is 560 g/mol. The number of carbonyl (C=O) groups excluding carboxylic acids is 2. The molecule has 218 valence electrons. The van der Waals surface area contributed by atoms with Crippen LogP contribution in [-0.2, 0) is 20.9 Å². The van der Waals surface area contributed by atoms with Crippen molar-refractivity contribution in [2.75, 3.05) is 48.8 Å². The van der Waals surface area contributed by atoms with Gasteiger partial charge in [0.25, 0.3) is 0 Å². The number of fused-ring (bicyclic) bond motifs is 1. The van der Waals surface area contributed by atoms with Gasteiger partial charge in [0, 0.05) is 55.5 Å². The Hall–Kier alpha value is -4.59. The van der Waals surface area contributed by atoms with E-state index in [9.17, 15) is 18.4 Å². The number of piperidine rings is 1. The molecule has 1 aliphatic rings. The number of para-hydroxylation sites is 2. The Bertz CT molecular complexity index is 1620. The first kappa shape index (κ1) is 28.9. The van der Waals surface area contributed by atoms with E-state index in [4.69, 9.17) is 9.47 Å². The van der Waals surface area contributed by atoms with Crippen molar-refractivity contribution in [1.29, 1.82) is 0 Å². The van der Waals surface area contributed by atoms with Gasteiger partial charge >= 0.3 is 0 Å². The second-order valence-electron chi connectivity index (χ2n) is 9.54. The molecule has 4 aromatic rings. The summed E-state index contributed by atoms with van der Waals surface area (Å²) >= 11 is -2.82. The lowest BCUT2D eigenvalue weighted by Crippen LogP contribution is -2.39. The maximum atomic E-state index is 12.7. The highest BCUT2D eigenvalue weighted by Crippen LogP contribution is 2.36. The van der Waals surface area contributed by atoms with E-state index >= 15 is 0 Å². The summed E-state index contributed by atoms with van der Waals surface area (Å²) in [5, 5.41) is 5.99. The van der Waals surface area contributed by atoms with Crippen LogP contribution in [-0.4, -0.2) is 69.2 Å². The van der Waals surface area contributed by atoms with Crippen molar-refractivity contribution in [3.8, 4) is 11.5 Å². The van der Waals surface area contributed by atoms with E-state index in [-0.39, 0.29) is 35.6 Å². The zero-order valence-electron chi connectivity index (χ0n) is 23.0. The van der Waals surface area contributed by atoms with Gasteiger partial charge in [0.15, 0.2) is 11.6 Å². The summed E-state index contributed by atoms with van der Waals surface area (Å²) in [6.07, 6.45) is 0.859. The van der Waals surface area contributed by atoms with Crippen LogP contribution in [0.1, 0.15) is 12.8 Å². The minimum Gasteiger partial charge on any atom is -0.755 e. The number of Topliss-reactive ketones (excluding diaryl/α,β-unsaturated/α-hetero) is 1. The number of benzene rings is 3. The minimum atomic E-state index is -2.82. The van der Waals surface area contributed by atoms with Crippen molar-refractivity contribution in [3.05, 3.63) is 66.7 Å². The molecule has 1 atom stereocenters. The fourth-order valence-electron chi connectivity index (χ4n) is 4.59. The molecule has 12 nitrogen and oxygen atoms in total. The van der Waals surface area contributed by atoms with Crippen molar-refractivity contribution in [3.63, 3.8) is 0 Å². The van der Waals surface area contributed by atoms with E-state index in [0.717, 1.165) is 4.31 Å². The van der Waals surface area contributed by atoms with Gasteiger partial charge in [-0.2, -0.15) is 0 Å². The van der Waals surface area contributed by atoms with Gasteiger partial charge in [-0.05, 0) is 30.3 Å². The standard InChI is InChI=1S/C29H30N6O6S/c1-40-23-15-20(16-24(17-23)41-2)31-28-29(33-26-9-4-3-8-25(26)32-28)35(42(38)39)21-7-5-6-19(14-21)30-27(37)18-34-12-10-22(36)11-13-34/h3-9,14-17H,10-13,18H2,1-2H3,(H,30,37)(H,31,32)(H,38,39)/p-1. The van der Waals surface area contributed by atoms with E-state index in [1.165, 1.54) is 14.2 Å². The Morgan fingerprint density at radius 3 is 2.26 bits per heavy atom. The average molecular weight is 590 g/mol. The van der Waals surface area contributed by atoms with Crippen LogP contribution in [0.2, 0.25) is 0 Å². The molecule has 0 spiro atoms. The molecule has 1 fully saturated rings. The highest BCUT2D eigenvalue weighted by Gasteiger charge is 2.22. The Balaban J connectivity index is 1.48. The molecule has 2 N–H and O–H groups in total. The molecule has 13 heteroatoms. The molecule has 0 radical (unpaired) electrons. The molecule has 3 aromatic carbocycles. The summed E-state index contributed by atoms with van der Waals surface area (Å²) in [5.74, 6) is 1.16. The van der Waals surface area contributed by atoms with Crippen LogP contribution >= 0.6 is 0 Å². The number of nitrogens with zero attached hydrogens (tertiary/aromatic N) is 4. The number of aromatic nitrogens is 2. The Morgan fingerprint density at radius 1 is 0.952 bits per heavy atom. The quantitative estimate of drug-likeness (QED) is 0.261. The van der Waals surface area contributed by atoms with Crippen LogP contribution in [0.5, 0.6) is 11.5 Å². The fraction of sp³-hybridized carbons (Fsp3) is 0.241. The summed E-state index contributed by atoms with van der Waals surface area (Å²) in [6, 6.07) is 18.7. The summed E-state index contributed by atoms with van der Waals surface area (Å²) in [5.41, 5.74) is 2.22. The molecule has 2 heterocycles. The molecule has 1 amide bonds. The van der Waals surface area contributed by atoms with Gasteiger partial charge in [0.2, 0.25) is 5.91 Å². The fourth-order valence-corrected chi connectivity index (χ4v) is 5.14. The number of nitrogens with one attached hydrogen (secondary N) is 2. The molecule has 0 aliphatic carbocycles. The van der Waals surface area contributed by atoms with Gasteiger partial charge in [-0.1, -0.05) is 18.2 Å². The third-order valence-electron chi connectivity index (χ3n) is 6.65. The molecule has 1 saturated heterocycles. The van der Waals surface area contributed by atoms with Gasteiger partial charge in [0.1, 0.15) is 17.3 Å². The summed E-state index contributed by atoms with van der Waals surface area (Å²) in [4.78, 5) is 35.5. The minimum absolute atomic E-state index is 0.0188. The van der Waals surface area contributed by atoms with E-state index in [1.807, 2.05) is 11.0 Å². The molecule has 1 aromatic heterocycles. The van der Waals surface area contributed by atoms with Crippen molar-refractivity contribution in [2.45, 2.75) is 12.8 Å². The second kappa shape index (κ2) is 12.9. The smallest absolute Gasteiger partial charge is 0.238 e. The molecule has 5 rings (SSSR count). The van der Waals surface area contributed by atoms with Gasteiger partial charge in [0.05, 0.1) is 48.8 Å². The molecule has 1 unspecified atom stereocenters. The number of ether oxygens (including phenoxy) is 2. The van der Waals surface area contributed by atoms with Crippen molar-refractivity contribution in [2.24, 2.45) is 0 Å². The first-order valence-corrected chi connectivity index (χ1v) is 14.2. The van der Waals surface area contributed by atoms with Crippen LogP contribution in [0.4, 0.5) is 28.7 Å². The molecule has 42 heavy (non-hydrogen) atoms. The maximum absolute atomic E-state index is 12.7. The number of carbonyl (C=O) groups is 2. The molecule has 0 bridgehead atoms. The number of rotatable bonds is 10. The number of ketones is 1. The number of hydrogen-bond donors (Lipinski definition) is 2. The van der Waals surface area contributed by atoms with Crippen molar-refractivity contribution in [1.82, 2.24) is 14.9 Å². The largest absolute Gasteiger partial charge is 0.755 e. The predicted molar refractivity (Wildman–Crippen MR) is 159 cm³/mol. The summed E-state index contributed by atoms with van der Waals surface area (Å²) in [6.45, 7) is 1.19. The van der Waals surface area contributed by atoms with Gasteiger partial charge in [-0.15, -0.1) is 0 Å². The van der Waals surface area contributed by atoms with Gasteiger partial charge in [-0.3, -0.25) is 23.0 Å². The third kappa shape index (κ3) is 6.82. The van der Waals surface area contributed by atoms with E-state index in [2.05, 4.69) is 20.6 Å². The molecule has 0 saturated carbocycles. The lowest BCUT2D eigenvalue weighted by atomic mass is 10.1. The first-order chi connectivity index (χ1) is 20.3. The van der Waals surface area contributed by atoms with E-state index < -0.39 is 11.3 Å². The number of amides is 1. The lowest BCUT2D eigenvalue weighted by molar-refractivity contribution is -0.124. The van der Waals surface area contributed by atoms with Crippen LogP contribution in [0.25, 0.3) is 11.0 Å². The van der Waals surface area contributed by atoms with Crippen LogP contribution in [0.15, 0.2) is 66.7 Å². The SMILES string of the molecule is COc1cc(Nc2nc3ccccc3nc2N(c2cccc(NC(=O)CN3CCC(=O)CC3)c2)S(=O)[O-])cc(OC)c1. The second-order valence-corrected chi connectivity index (χ2v) is 10.3. The van der Waals surface area contributed by atoms with E-state index in [0.29, 0.717) is 59.8 Å². The van der Waals surface area contributed by atoms with Crippen LogP contribution in [0, 0.1) is 0 Å². The Morgan fingerprint density at radius 2 is 1.62 bits per heavy atom. The first-order valence-electron chi connectivity index (χ1n) is 13.1. The van der Waals surface area contributed by atoms with Gasteiger partial charge in [-0.25, -0.2) is 9.97 Å². The Labute approximate surface area is 245 Å². The summed E-state index contributed by atoms with van der Waals surface area (Å²) < 4.78 is 37.2. The molecular formula is C29H29N6O6S-. The van der Waals surface area contributed by atoms with Crippen molar-refractivity contribution >= 4 is 62.7 Å². The Kier molecular flexibility index (Phi) is 8.91. The van der Waals surface area contributed by atoms with Crippen molar-refractivity contribution < 1.29 is 27.8 Å². The van der Waals surface area contributed by atoms with E-state index in [1.54, 1.807) is 60.7 Å². The van der Waals surface area contributed by atoms with Gasteiger partial charge < -0.3 is 24.7 Å². The monoisotopic (exact) mass is 589 g/mol. The highest BCUT2D eigenvalue weighted by molar-refractivity contribution is 7.81. The topological polar surface area (TPSA) is 149 Å². The molecule has 1 aliphatic heterocycles. The highest BCUT2D eigenvalue weighted by atomic mass is 32.2. The maximum Gasteiger partial charge on any atom is 0.238 e. The van der Waals surface area contributed by atoms with Crippen LogP contribution < -0.4 is 24.4 Å². The summed E-state index contributed by atoms with van der Waals surface area (Å²) in [7, 11) is 3.06. The zero-order chi connectivity index (χ0) is 29.6. The number of anilines is 5. The number of likely N-dealkylation sites (tertiary alicyclic amines) is 1. The van der Waals surface area contributed by atoms with Crippen LogP contribution in [0.3, 0.4) is 0 Å². The third-order valence-corrected chi connectivity index (χ3v) is 7.34. The number of methoxy groups -OCH3 is 2.